The van der Waals surface area contributed by atoms with Gasteiger partial charge in [0.15, 0.2) is 0 Å². The van der Waals surface area contributed by atoms with Gasteiger partial charge in [-0.25, -0.2) is 0 Å². The lowest BCUT2D eigenvalue weighted by molar-refractivity contribution is -0.278. The van der Waals surface area contributed by atoms with E-state index in [4.69, 9.17) is 15.9 Å². The quantitative estimate of drug-likeness (QED) is 0.867. The first-order chi connectivity index (χ1) is 12.6. The summed E-state index contributed by atoms with van der Waals surface area (Å²) < 4.78 is 11.9. The topological polar surface area (TPSA) is 55.8 Å². The van der Waals surface area contributed by atoms with Crippen LogP contribution in [-0.2, 0) is 33.1 Å². The van der Waals surface area contributed by atoms with Gasteiger partial charge in [-0.05, 0) is 41.3 Å². The highest BCUT2D eigenvalue weighted by molar-refractivity contribution is 5.81. The molecule has 0 amide bonds. The Morgan fingerprint density at radius 1 is 1.19 bits per heavy atom. The van der Waals surface area contributed by atoms with Crippen molar-refractivity contribution in [3.05, 3.63) is 70.3 Å². The molecule has 2 aliphatic rings. The monoisotopic (exact) mass is 348 g/mol. The standard InChI is InChI=1S/C22H20O4/c1-2-15-3-5-16(6-4-15)9-17-7-8-18-14-25-22(21(18)10-17)12-19(24)11-20(13-23)26-22/h1,3-8,10,20,23H,9,11-14H2/t20?,22-/m1/s1. The number of aliphatic hydroxyl groups is 1. The lowest BCUT2D eigenvalue weighted by Crippen LogP contribution is -2.43. The van der Waals surface area contributed by atoms with Crippen molar-refractivity contribution < 1.29 is 19.4 Å². The van der Waals surface area contributed by atoms with E-state index in [0.29, 0.717) is 6.61 Å². The second-order valence-corrected chi connectivity index (χ2v) is 6.89. The summed E-state index contributed by atoms with van der Waals surface area (Å²) in [6.07, 6.45) is 6.07. The van der Waals surface area contributed by atoms with Crippen LogP contribution in [0.3, 0.4) is 0 Å². The second kappa shape index (κ2) is 6.69. The molecule has 2 aromatic carbocycles. The van der Waals surface area contributed by atoms with Gasteiger partial charge in [-0.3, -0.25) is 4.79 Å². The summed E-state index contributed by atoms with van der Waals surface area (Å²) in [7, 11) is 0. The van der Waals surface area contributed by atoms with Gasteiger partial charge in [0.25, 0.3) is 0 Å². The molecule has 1 spiro atoms. The van der Waals surface area contributed by atoms with Crippen molar-refractivity contribution >= 4 is 5.78 Å². The number of benzene rings is 2. The Kier molecular flexibility index (Phi) is 4.37. The van der Waals surface area contributed by atoms with Crippen molar-refractivity contribution in [2.45, 2.75) is 37.8 Å². The van der Waals surface area contributed by atoms with Gasteiger partial charge >= 0.3 is 0 Å². The van der Waals surface area contributed by atoms with Crippen LogP contribution in [0, 0.1) is 12.3 Å². The van der Waals surface area contributed by atoms with Crippen molar-refractivity contribution in [3.8, 4) is 12.3 Å². The summed E-state index contributed by atoms with van der Waals surface area (Å²) in [6, 6.07) is 14.1. The van der Waals surface area contributed by atoms with Gasteiger partial charge in [0.2, 0.25) is 5.79 Å². The Hall–Kier alpha value is -2.45. The molecule has 4 nitrogen and oxygen atoms in total. The molecule has 0 aliphatic carbocycles. The molecule has 1 N–H and O–H groups in total. The molecule has 1 unspecified atom stereocenters. The highest BCUT2D eigenvalue weighted by Crippen LogP contribution is 2.44. The predicted molar refractivity (Wildman–Crippen MR) is 96.3 cm³/mol. The van der Waals surface area contributed by atoms with Crippen LogP contribution in [-0.4, -0.2) is 23.6 Å². The Balaban J connectivity index is 1.63. The number of rotatable bonds is 3. The SMILES string of the molecule is C#Cc1ccc(Cc2ccc3c(c2)[C@]2(CC(=O)CC(CO)O2)OC3)cc1. The first-order valence-electron chi connectivity index (χ1n) is 8.74. The van der Waals surface area contributed by atoms with E-state index in [2.05, 4.69) is 18.1 Å². The highest BCUT2D eigenvalue weighted by atomic mass is 16.7. The molecule has 1 fully saturated rings. The van der Waals surface area contributed by atoms with Gasteiger partial charge in [-0.15, -0.1) is 6.42 Å². The van der Waals surface area contributed by atoms with Gasteiger partial charge in [0.1, 0.15) is 5.78 Å². The lowest BCUT2D eigenvalue weighted by Gasteiger charge is -2.37. The normalized spacial score (nSPS) is 24.5. The van der Waals surface area contributed by atoms with Crippen LogP contribution in [0.5, 0.6) is 0 Å². The van der Waals surface area contributed by atoms with Crippen molar-refractivity contribution in [1.82, 2.24) is 0 Å². The number of hydrogen-bond acceptors (Lipinski definition) is 4. The number of aliphatic hydroxyl groups excluding tert-OH is 1. The lowest BCUT2D eigenvalue weighted by atomic mass is 9.90. The van der Waals surface area contributed by atoms with E-state index in [1.807, 2.05) is 30.3 Å². The second-order valence-electron chi connectivity index (χ2n) is 6.89. The smallest absolute Gasteiger partial charge is 0.202 e. The van der Waals surface area contributed by atoms with Gasteiger partial charge in [-0.1, -0.05) is 30.2 Å². The molecule has 4 rings (SSSR count). The van der Waals surface area contributed by atoms with Crippen molar-refractivity contribution in [2.75, 3.05) is 6.61 Å². The molecular formula is C22H20O4. The highest BCUT2D eigenvalue weighted by Gasteiger charge is 2.48. The van der Waals surface area contributed by atoms with Crippen molar-refractivity contribution in [3.63, 3.8) is 0 Å². The van der Waals surface area contributed by atoms with Crippen LogP contribution in [0.15, 0.2) is 42.5 Å². The van der Waals surface area contributed by atoms with Crippen LogP contribution in [0.25, 0.3) is 0 Å². The average Bonchev–Trinajstić information content (AvgIpc) is 2.99. The molecule has 2 aliphatic heterocycles. The molecule has 0 saturated carbocycles. The minimum Gasteiger partial charge on any atom is -0.394 e. The summed E-state index contributed by atoms with van der Waals surface area (Å²) in [6.45, 7) is 0.227. The first-order valence-corrected chi connectivity index (χ1v) is 8.74. The third kappa shape index (κ3) is 3.06. The fourth-order valence-electron chi connectivity index (χ4n) is 3.72. The zero-order valence-electron chi connectivity index (χ0n) is 14.4. The number of carbonyl (C=O) groups excluding carboxylic acids is 1. The maximum absolute atomic E-state index is 12.2. The Bertz CT molecular complexity index is 878. The van der Waals surface area contributed by atoms with E-state index in [1.165, 1.54) is 0 Å². The number of Topliss-reactive ketones (excluding diaryl/α,β-unsaturated/α-hetero) is 1. The maximum atomic E-state index is 12.2. The summed E-state index contributed by atoms with van der Waals surface area (Å²) >= 11 is 0. The van der Waals surface area contributed by atoms with Gasteiger partial charge in [-0.2, -0.15) is 0 Å². The fraction of sp³-hybridized carbons (Fsp3) is 0.318. The fourth-order valence-corrected chi connectivity index (χ4v) is 3.72. The van der Waals surface area contributed by atoms with Crippen LogP contribution in [0.1, 0.15) is 40.7 Å². The molecule has 4 heteroatoms. The molecule has 2 atom stereocenters. The van der Waals surface area contributed by atoms with Crippen LogP contribution in [0.4, 0.5) is 0 Å². The third-order valence-electron chi connectivity index (χ3n) is 5.02. The number of ketones is 1. The van der Waals surface area contributed by atoms with E-state index in [-0.39, 0.29) is 25.2 Å². The first kappa shape index (κ1) is 17.0. The molecular weight excluding hydrogens is 328 g/mol. The van der Waals surface area contributed by atoms with E-state index >= 15 is 0 Å². The number of carbonyl (C=O) groups is 1. The summed E-state index contributed by atoms with van der Waals surface area (Å²) in [5, 5.41) is 9.45. The summed E-state index contributed by atoms with van der Waals surface area (Å²) in [5.74, 6) is 1.62. The molecule has 0 radical (unpaired) electrons. The molecule has 0 bridgehead atoms. The van der Waals surface area contributed by atoms with Crippen LogP contribution >= 0.6 is 0 Å². The summed E-state index contributed by atoms with van der Waals surface area (Å²) in [4.78, 5) is 12.2. The summed E-state index contributed by atoms with van der Waals surface area (Å²) in [5.41, 5.74) is 5.07. The largest absolute Gasteiger partial charge is 0.394 e. The number of terminal acetylenes is 1. The molecule has 2 aromatic rings. The molecule has 1 saturated heterocycles. The Labute approximate surface area is 152 Å². The number of hydrogen-bond donors (Lipinski definition) is 1. The molecule has 132 valence electrons. The Morgan fingerprint density at radius 2 is 1.96 bits per heavy atom. The zero-order chi connectivity index (χ0) is 18.1. The Morgan fingerprint density at radius 3 is 2.69 bits per heavy atom. The minimum absolute atomic E-state index is 0.0541. The number of ether oxygens (including phenoxy) is 2. The van der Waals surface area contributed by atoms with E-state index in [9.17, 15) is 9.90 Å². The maximum Gasteiger partial charge on any atom is 0.202 e. The zero-order valence-corrected chi connectivity index (χ0v) is 14.4. The molecule has 0 aromatic heterocycles. The third-order valence-corrected chi connectivity index (χ3v) is 5.02. The molecule has 2 heterocycles. The predicted octanol–water partition coefficient (Wildman–Crippen LogP) is 2.68. The van der Waals surface area contributed by atoms with E-state index < -0.39 is 11.9 Å². The van der Waals surface area contributed by atoms with Gasteiger partial charge in [0.05, 0.1) is 25.7 Å². The molecule has 26 heavy (non-hydrogen) atoms. The average molecular weight is 348 g/mol. The number of fused-ring (bicyclic) bond motifs is 2. The van der Waals surface area contributed by atoms with E-state index in [1.54, 1.807) is 0 Å². The van der Waals surface area contributed by atoms with Crippen LogP contribution in [0.2, 0.25) is 0 Å². The van der Waals surface area contributed by atoms with Gasteiger partial charge < -0.3 is 14.6 Å². The van der Waals surface area contributed by atoms with Crippen LogP contribution < -0.4 is 0 Å². The van der Waals surface area contributed by atoms with Crippen molar-refractivity contribution in [1.29, 1.82) is 0 Å². The van der Waals surface area contributed by atoms with Gasteiger partial charge in [0, 0.05) is 17.5 Å². The van der Waals surface area contributed by atoms with Crippen molar-refractivity contribution in [2.24, 2.45) is 0 Å². The minimum atomic E-state index is -1.05. The van der Waals surface area contributed by atoms with E-state index in [0.717, 1.165) is 34.2 Å².